The Morgan fingerprint density at radius 3 is 2.29 bits per heavy atom. The van der Waals surface area contributed by atoms with Crippen LogP contribution in [0.4, 0.5) is 0 Å². The number of hydrogen-bond donors (Lipinski definition) is 0. The van der Waals surface area contributed by atoms with E-state index < -0.39 is 6.23 Å². The molecule has 142 valence electrons. The van der Waals surface area contributed by atoms with Crippen LogP contribution < -0.4 is 0 Å². The second-order valence-electron chi connectivity index (χ2n) is 7.02. The molecule has 0 fully saturated rings. The molecule has 0 bridgehead atoms. The first-order valence-corrected chi connectivity index (χ1v) is 9.35. The molecule has 0 radical (unpaired) electrons. The van der Waals surface area contributed by atoms with E-state index in [-0.39, 0.29) is 5.91 Å². The summed E-state index contributed by atoms with van der Waals surface area (Å²) in [5.41, 5.74) is 4.40. The van der Waals surface area contributed by atoms with Crippen LogP contribution in [0.2, 0.25) is 0 Å². The number of nitrogens with zero attached hydrogens (tertiary/aromatic N) is 3. The van der Waals surface area contributed by atoms with Crippen molar-refractivity contribution in [2.24, 2.45) is 0 Å². The molecule has 4 rings (SSSR count). The standard InChI is InChI=1S/C23H23N3O2/c1-16-18(3)28-23(25(22(16)27)14-19-10-6-4-7-11-19)21-15-26(24-17(21)2)20-12-8-5-9-13-20/h4-13,15,23H,14H2,1-3H3. The highest BCUT2D eigenvalue weighted by Crippen LogP contribution is 2.35. The molecule has 1 atom stereocenters. The highest BCUT2D eigenvalue weighted by Gasteiger charge is 2.35. The van der Waals surface area contributed by atoms with Crippen LogP contribution in [-0.4, -0.2) is 20.6 Å². The molecule has 0 spiro atoms. The highest BCUT2D eigenvalue weighted by atomic mass is 16.5. The molecule has 0 saturated heterocycles. The Morgan fingerprint density at radius 1 is 0.964 bits per heavy atom. The summed E-state index contributed by atoms with van der Waals surface area (Å²) in [5.74, 6) is 0.649. The van der Waals surface area contributed by atoms with Crippen molar-refractivity contribution in [2.75, 3.05) is 0 Å². The summed E-state index contributed by atoms with van der Waals surface area (Å²) in [4.78, 5) is 14.8. The van der Waals surface area contributed by atoms with Gasteiger partial charge in [-0.2, -0.15) is 5.10 Å². The van der Waals surface area contributed by atoms with Gasteiger partial charge in [0.25, 0.3) is 5.91 Å². The summed E-state index contributed by atoms with van der Waals surface area (Å²) in [5, 5.41) is 4.65. The van der Waals surface area contributed by atoms with Crippen molar-refractivity contribution in [1.82, 2.24) is 14.7 Å². The van der Waals surface area contributed by atoms with Crippen molar-refractivity contribution in [3.05, 3.63) is 95.0 Å². The molecule has 2 heterocycles. The van der Waals surface area contributed by atoms with Crippen molar-refractivity contribution >= 4 is 5.91 Å². The number of ether oxygens (including phenoxy) is 1. The summed E-state index contributed by atoms with van der Waals surface area (Å²) in [6.07, 6.45) is 1.45. The van der Waals surface area contributed by atoms with Gasteiger partial charge in [0.05, 0.1) is 22.5 Å². The fourth-order valence-electron chi connectivity index (χ4n) is 3.39. The van der Waals surface area contributed by atoms with Gasteiger partial charge in [-0.25, -0.2) is 4.68 Å². The SMILES string of the molecule is CC1=C(C)C(=O)N(Cc2ccccc2)C(c2cn(-c3ccccc3)nc2C)O1. The van der Waals surface area contributed by atoms with E-state index in [4.69, 9.17) is 4.74 Å². The largest absolute Gasteiger partial charge is 0.470 e. The molecule has 5 heteroatoms. The molecule has 1 aromatic heterocycles. The van der Waals surface area contributed by atoms with Gasteiger partial charge in [-0.3, -0.25) is 9.69 Å². The molecule has 0 saturated carbocycles. The molecule has 0 aliphatic carbocycles. The number of aromatic nitrogens is 2. The Morgan fingerprint density at radius 2 is 1.61 bits per heavy atom. The topological polar surface area (TPSA) is 47.4 Å². The maximum Gasteiger partial charge on any atom is 0.256 e. The summed E-state index contributed by atoms with van der Waals surface area (Å²) < 4.78 is 8.03. The van der Waals surface area contributed by atoms with Gasteiger partial charge in [0.1, 0.15) is 5.76 Å². The number of para-hydroxylation sites is 1. The zero-order valence-electron chi connectivity index (χ0n) is 16.3. The van der Waals surface area contributed by atoms with Gasteiger partial charge >= 0.3 is 0 Å². The Hall–Kier alpha value is -3.34. The summed E-state index contributed by atoms with van der Waals surface area (Å²) in [6.45, 7) is 6.08. The van der Waals surface area contributed by atoms with E-state index in [0.29, 0.717) is 17.9 Å². The van der Waals surface area contributed by atoms with Crippen LogP contribution in [0.15, 0.2) is 78.2 Å². The van der Waals surface area contributed by atoms with Crippen molar-refractivity contribution < 1.29 is 9.53 Å². The Bertz CT molecular complexity index is 1020. The Kier molecular flexibility index (Phi) is 4.74. The maximum atomic E-state index is 13.1. The molecule has 0 N–H and O–H groups in total. The zero-order valence-corrected chi connectivity index (χ0v) is 16.3. The minimum Gasteiger partial charge on any atom is -0.470 e. The summed E-state index contributed by atoms with van der Waals surface area (Å²) >= 11 is 0. The number of hydrogen-bond acceptors (Lipinski definition) is 3. The predicted molar refractivity (Wildman–Crippen MR) is 107 cm³/mol. The third kappa shape index (κ3) is 3.31. The van der Waals surface area contributed by atoms with Crippen LogP contribution in [0.25, 0.3) is 5.69 Å². The molecule has 1 unspecified atom stereocenters. The van der Waals surface area contributed by atoms with Crippen molar-refractivity contribution in [3.63, 3.8) is 0 Å². The van der Waals surface area contributed by atoms with Crippen molar-refractivity contribution in [2.45, 2.75) is 33.5 Å². The van der Waals surface area contributed by atoms with E-state index in [1.54, 1.807) is 4.90 Å². The minimum atomic E-state index is -0.506. The Labute approximate surface area is 164 Å². The van der Waals surface area contributed by atoms with Crippen LogP contribution in [-0.2, 0) is 16.1 Å². The quantitative estimate of drug-likeness (QED) is 0.675. The second-order valence-corrected chi connectivity index (χ2v) is 7.02. The predicted octanol–water partition coefficient (Wildman–Crippen LogP) is 4.53. The number of carbonyl (C=O) groups excluding carboxylic acids is 1. The fourth-order valence-corrected chi connectivity index (χ4v) is 3.39. The lowest BCUT2D eigenvalue weighted by Gasteiger charge is -2.36. The Balaban J connectivity index is 1.73. The number of aryl methyl sites for hydroxylation is 1. The molecule has 5 nitrogen and oxygen atoms in total. The van der Waals surface area contributed by atoms with Gasteiger partial charge in [0.2, 0.25) is 6.23 Å². The van der Waals surface area contributed by atoms with Crippen LogP contribution >= 0.6 is 0 Å². The van der Waals surface area contributed by atoms with Crippen LogP contribution in [0.1, 0.15) is 36.9 Å². The number of amides is 1. The lowest BCUT2D eigenvalue weighted by Crippen LogP contribution is -2.40. The van der Waals surface area contributed by atoms with Crippen LogP contribution in [0.3, 0.4) is 0 Å². The van der Waals surface area contributed by atoms with Gasteiger partial charge in [-0.15, -0.1) is 0 Å². The van der Waals surface area contributed by atoms with Crippen LogP contribution in [0, 0.1) is 6.92 Å². The number of rotatable bonds is 4. The van der Waals surface area contributed by atoms with Gasteiger partial charge in [-0.05, 0) is 38.5 Å². The fraction of sp³-hybridized carbons (Fsp3) is 0.217. The minimum absolute atomic E-state index is 0.00976. The molecule has 2 aromatic carbocycles. The van der Waals surface area contributed by atoms with Crippen molar-refractivity contribution in [3.8, 4) is 5.69 Å². The third-order valence-electron chi connectivity index (χ3n) is 5.10. The lowest BCUT2D eigenvalue weighted by atomic mass is 10.1. The van der Waals surface area contributed by atoms with Crippen LogP contribution in [0.5, 0.6) is 0 Å². The molecule has 1 aliphatic heterocycles. The van der Waals surface area contributed by atoms with Gasteiger partial charge < -0.3 is 4.74 Å². The average molecular weight is 373 g/mol. The van der Waals surface area contributed by atoms with Gasteiger partial charge in [-0.1, -0.05) is 48.5 Å². The van der Waals surface area contributed by atoms with E-state index >= 15 is 0 Å². The van der Waals surface area contributed by atoms with Crippen molar-refractivity contribution in [1.29, 1.82) is 0 Å². The smallest absolute Gasteiger partial charge is 0.256 e. The van der Waals surface area contributed by atoms with Gasteiger partial charge in [0, 0.05) is 12.7 Å². The monoisotopic (exact) mass is 373 g/mol. The zero-order chi connectivity index (χ0) is 19.7. The number of allylic oxidation sites excluding steroid dienone is 1. The maximum absolute atomic E-state index is 13.1. The lowest BCUT2D eigenvalue weighted by molar-refractivity contribution is -0.145. The molecular formula is C23H23N3O2. The summed E-state index contributed by atoms with van der Waals surface area (Å²) in [7, 11) is 0. The molecule has 1 amide bonds. The second kappa shape index (κ2) is 7.35. The number of benzene rings is 2. The van der Waals surface area contributed by atoms with E-state index in [1.807, 2.05) is 92.3 Å². The normalized spacial score (nSPS) is 17.0. The van der Waals surface area contributed by atoms with E-state index in [1.165, 1.54) is 0 Å². The third-order valence-corrected chi connectivity index (χ3v) is 5.10. The summed E-state index contributed by atoms with van der Waals surface area (Å²) in [6, 6.07) is 19.9. The average Bonchev–Trinajstić information content (AvgIpc) is 3.11. The highest BCUT2D eigenvalue weighted by molar-refractivity contribution is 5.94. The van der Waals surface area contributed by atoms with E-state index in [0.717, 1.165) is 22.5 Å². The molecule has 3 aromatic rings. The first kappa shape index (κ1) is 18.0. The first-order chi connectivity index (χ1) is 13.5. The van der Waals surface area contributed by atoms with Gasteiger partial charge in [0.15, 0.2) is 0 Å². The first-order valence-electron chi connectivity index (χ1n) is 9.35. The van der Waals surface area contributed by atoms with E-state index in [2.05, 4.69) is 5.10 Å². The molecule has 1 aliphatic rings. The number of carbonyl (C=O) groups is 1. The van der Waals surface area contributed by atoms with E-state index in [9.17, 15) is 4.79 Å². The molecule has 28 heavy (non-hydrogen) atoms. The molecular weight excluding hydrogens is 350 g/mol.